The van der Waals surface area contributed by atoms with Gasteiger partial charge in [-0.15, -0.1) is 11.3 Å². The normalized spacial score (nSPS) is 22.1. The van der Waals surface area contributed by atoms with Gasteiger partial charge in [0.1, 0.15) is 5.60 Å². The van der Waals surface area contributed by atoms with E-state index in [1.54, 1.807) is 11.3 Å². The van der Waals surface area contributed by atoms with Crippen LogP contribution >= 0.6 is 11.3 Å². The summed E-state index contributed by atoms with van der Waals surface area (Å²) >= 11 is 1.62. The van der Waals surface area contributed by atoms with Gasteiger partial charge in [-0.1, -0.05) is 6.07 Å². The van der Waals surface area contributed by atoms with E-state index in [0.29, 0.717) is 13.1 Å². The first kappa shape index (κ1) is 6.34. The molecule has 0 unspecified atom stereocenters. The minimum atomic E-state index is -0.547. The van der Waals surface area contributed by atoms with E-state index >= 15 is 0 Å². The van der Waals surface area contributed by atoms with Crippen molar-refractivity contribution in [1.82, 2.24) is 5.32 Å². The molecule has 1 aliphatic heterocycles. The molecule has 0 aliphatic carbocycles. The van der Waals surface area contributed by atoms with Crippen LogP contribution in [-0.4, -0.2) is 18.2 Å². The van der Waals surface area contributed by atoms with Crippen LogP contribution in [0.2, 0.25) is 0 Å². The van der Waals surface area contributed by atoms with Gasteiger partial charge in [0.2, 0.25) is 0 Å². The minimum absolute atomic E-state index is 0.547. The highest BCUT2D eigenvalue weighted by atomic mass is 32.1. The molecular formula is C7H9NOS. The Bertz CT molecular complexity index is 216. The standard InChI is InChI=1S/C7H9NOS/c9-7(4-8-5-7)6-2-1-3-10-6/h1-3,8-9H,4-5H2. The van der Waals surface area contributed by atoms with Gasteiger partial charge >= 0.3 is 0 Å². The number of thiophene rings is 1. The highest BCUT2D eigenvalue weighted by Gasteiger charge is 2.36. The molecule has 0 aromatic carbocycles. The molecule has 3 heteroatoms. The molecule has 0 amide bonds. The Morgan fingerprint density at radius 1 is 1.60 bits per heavy atom. The summed E-state index contributed by atoms with van der Waals surface area (Å²) in [6, 6.07) is 3.95. The second-order valence-electron chi connectivity index (χ2n) is 2.61. The minimum Gasteiger partial charge on any atom is -0.382 e. The number of aliphatic hydroxyl groups is 1. The van der Waals surface area contributed by atoms with Crippen molar-refractivity contribution >= 4 is 11.3 Å². The number of hydrogen-bond acceptors (Lipinski definition) is 3. The number of β-amino-alcohol motifs (C(OH)–C–C–N with tert-alkyl or cyclic N) is 1. The van der Waals surface area contributed by atoms with Crippen LogP contribution in [0, 0.1) is 0 Å². The van der Waals surface area contributed by atoms with E-state index in [2.05, 4.69) is 5.32 Å². The first-order chi connectivity index (χ1) is 4.81. The average molecular weight is 155 g/mol. The molecule has 0 radical (unpaired) electrons. The van der Waals surface area contributed by atoms with Crippen molar-refractivity contribution in [3.05, 3.63) is 22.4 Å². The van der Waals surface area contributed by atoms with Crippen molar-refractivity contribution in [1.29, 1.82) is 0 Å². The van der Waals surface area contributed by atoms with Crippen molar-refractivity contribution in [2.45, 2.75) is 5.60 Å². The average Bonchev–Trinajstić information content (AvgIpc) is 2.33. The Morgan fingerprint density at radius 2 is 2.40 bits per heavy atom. The molecule has 54 valence electrons. The second kappa shape index (κ2) is 2.05. The van der Waals surface area contributed by atoms with Crippen molar-refractivity contribution < 1.29 is 5.11 Å². The Kier molecular flexibility index (Phi) is 1.30. The van der Waals surface area contributed by atoms with Crippen LogP contribution < -0.4 is 5.32 Å². The monoisotopic (exact) mass is 155 g/mol. The van der Waals surface area contributed by atoms with Crippen molar-refractivity contribution in [2.24, 2.45) is 0 Å². The van der Waals surface area contributed by atoms with E-state index in [1.165, 1.54) is 0 Å². The third kappa shape index (κ3) is 0.785. The summed E-state index contributed by atoms with van der Waals surface area (Å²) in [4.78, 5) is 1.08. The molecule has 0 atom stereocenters. The molecule has 0 bridgehead atoms. The smallest absolute Gasteiger partial charge is 0.123 e. The lowest BCUT2D eigenvalue weighted by Crippen LogP contribution is -2.56. The zero-order chi connectivity index (χ0) is 7.03. The molecule has 1 aromatic rings. The van der Waals surface area contributed by atoms with Crippen LogP contribution in [0.5, 0.6) is 0 Å². The first-order valence-electron chi connectivity index (χ1n) is 3.28. The molecule has 0 spiro atoms. The summed E-state index contributed by atoms with van der Waals surface area (Å²) in [5, 5.41) is 14.8. The topological polar surface area (TPSA) is 32.3 Å². The van der Waals surface area contributed by atoms with E-state index in [9.17, 15) is 5.11 Å². The summed E-state index contributed by atoms with van der Waals surface area (Å²) in [6.07, 6.45) is 0. The van der Waals surface area contributed by atoms with Crippen LogP contribution in [0.25, 0.3) is 0 Å². The highest BCUT2D eigenvalue weighted by molar-refractivity contribution is 7.10. The molecule has 0 saturated carbocycles. The summed E-state index contributed by atoms with van der Waals surface area (Å²) in [7, 11) is 0. The maximum absolute atomic E-state index is 9.72. The van der Waals surface area contributed by atoms with Gasteiger partial charge < -0.3 is 10.4 Å². The van der Waals surface area contributed by atoms with Gasteiger partial charge in [0.05, 0.1) is 0 Å². The summed E-state index contributed by atoms with van der Waals surface area (Å²) in [6.45, 7) is 1.40. The predicted molar refractivity (Wildman–Crippen MR) is 41.1 cm³/mol. The molecule has 2 N–H and O–H groups in total. The Morgan fingerprint density at radius 3 is 2.80 bits per heavy atom. The fourth-order valence-corrected chi connectivity index (χ4v) is 1.90. The van der Waals surface area contributed by atoms with Crippen molar-refractivity contribution in [2.75, 3.05) is 13.1 Å². The largest absolute Gasteiger partial charge is 0.382 e. The molecule has 2 heterocycles. The van der Waals surface area contributed by atoms with E-state index in [0.717, 1.165) is 4.88 Å². The van der Waals surface area contributed by atoms with Crippen molar-refractivity contribution in [3.8, 4) is 0 Å². The van der Waals surface area contributed by atoms with Gasteiger partial charge in [-0.25, -0.2) is 0 Å². The maximum atomic E-state index is 9.72. The molecule has 1 fully saturated rings. The Hall–Kier alpha value is -0.380. The summed E-state index contributed by atoms with van der Waals surface area (Å²) in [5.41, 5.74) is -0.547. The fourth-order valence-electron chi connectivity index (χ4n) is 1.08. The molecule has 2 nitrogen and oxygen atoms in total. The van der Waals surface area contributed by atoms with Crippen LogP contribution in [-0.2, 0) is 5.60 Å². The van der Waals surface area contributed by atoms with Gasteiger partial charge in [0, 0.05) is 18.0 Å². The van der Waals surface area contributed by atoms with Crippen molar-refractivity contribution in [3.63, 3.8) is 0 Å². The zero-order valence-corrected chi connectivity index (χ0v) is 6.32. The Labute approximate surface area is 63.5 Å². The van der Waals surface area contributed by atoms with Gasteiger partial charge in [0.15, 0.2) is 0 Å². The molecular weight excluding hydrogens is 146 g/mol. The lowest BCUT2D eigenvalue weighted by atomic mass is 9.96. The van der Waals surface area contributed by atoms with Gasteiger partial charge in [-0.2, -0.15) is 0 Å². The third-order valence-corrected chi connectivity index (χ3v) is 2.88. The lowest BCUT2D eigenvalue weighted by molar-refractivity contribution is -0.0112. The molecule has 1 aliphatic rings. The van der Waals surface area contributed by atoms with Crippen LogP contribution in [0.1, 0.15) is 4.88 Å². The van der Waals surface area contributed by atoms with Crippen LogP contribution in [0.15, 0.2) is 17.5 Å². The zero-order valence-electron chi connectivity index (χ0n) is 5.50. The van der Waals surface area contributed by atoms with Gasteiger partial charge in [-0.3, -0.25) is 0 Å². The maximum Gasteiger partial charge on any atom is 0.123 e. The number of nitrogens with one attached hydrogen (secondary N) is 1. The fraction of sp³-hybridized carbons (Fsp3) is 0.429. The molecule has 2 rings (SSSR count). The highest BCUT2D eigenvalue weighted by Crippen LogP contribution is 2.28. The molecule has 1 aromatic heterocycles. The van der Waals surface area contributed by atoms with Crippen LogP contribution in [0.4, 0.5) is 0 Å². The van der Waals surface area contributed by atoms with E-state index < -0.39 is 5.60 Å². The third-order valence-electron chi connectivity index (χ3n) is 1.81. The van der Waals surface area contributed by atoms with E-state index in [4.69, 9.17) is 0 Å². The predicted octanol–water partition coefficient (Wildman–Crippen LogP) is 0.539. The molecule has 1 saturated heterocycles. The van der Waals surface area contributed by atoms with Gasteiger partial charge in [-0.05, 0) is 11.4 Å². The van der Waals surface area contributed by atoms with Gasteiger partial charge in [0.25, 0.3) is 0 Å². The number of rotatable bonds is 1. The van der Waals surface area contributed by atoms with Crippen LogP contribution in [0.3, 0.4) is 0 Å². The Balaban J connectivity index is 2.27. The van der Waals surface area contributed by atoms with E-state index in [1.807, 2.05) is 17.5 Å². The van der Waals surface area contributed by atoms with E-state index in [-0.39, 0.29) is 0 Å². The quantitative estimate of drug-likeness (QED) is 0.620. The lowest BCUT2D eigenvalue weighted by Gasteiger charge is -2.36. The first-order valence-corrected chi connectivity index (χ1v) is 4.16. The second-order valence-corrected chi connectivity index (χ2v) is 3.56. The SMILES string of the molecule is OC1(c2cccs2)CNC1. The summed E-state index contributed by atoms with van der Waals surface area (Å²) < 4.78 is 0. The molecule has 10 heavy (non-hydrogen) atoms. The summed E-state index contributed by atoms with van der Waals surface area (Å²) in [5.74, 6) is 0. The number of hydrogen-bond donors (Lipinski definition) is 2.